The molecule has 2 aliphatic rings. The maximum atomic E-state index is 4.54. The number of aromatic nitrogens is 1. The van der Waals surface area contributed by atoms with Gasteiger partial charge in [0.1, 0.15) is 5.82 Å². The first-order valence-corrected chi connectivity index (χ1v) is 9.25. The van der Waals surface area contributed by atoms with E-state index in [4.69, 9.17) is 0 Å². The van der Waals surface area contributed by atoms with E-state index in [9.17, 15) is 0 Å². The van der Waals surface area contributed by atoms with Crippen LogP contribution in [0.2, 0.25) is 0 Å². The molecular weight excluding hydrogens is 340 g/mol. The predicted molar refractivity (Wildman–Crippen MR) is 95.4 cm³/mol. The van der Waals surface area contributed by atoms with E-state index in [0.717, 1.165) is 29.3 Å². The lowest BCUT2D eigenvalue weighted by molar-refractivity contribution is 0.0999. The minimum Gasteiger partial charge on any atom is -0.353 e. The van der Waals surface area contributed by atoms with Gasteiger partial charge in [0.05, 0.1) is 0 Å². The number of pyridine rings is 1. The van der Waals surface area contributed by atoms with Gasteiger partial charge in [-0.15, -0.1) is 0 Å². The highest BCUT2D eigenvalue weighted by Crippen LogP contribution is 2.25. The minimum atomic E-state index is 0.583. The number of hydrogen-bond acceptors (Lipinski definition) is 4. The second-order valence-corrected chi connectivity index (χ2v) is 7.74. The van der Waals surface area contributed by atoms with Gasteiger partial charge in [-0.05, 0) is 57.8 Å². The molecule has 0 aromatic carbocycles. The van der Waals surface area contributed by atoms with Gasteiger partial charge in [-0.25, -0.2) is 4.98 Å². The van der Waals surface area contributed by atoms with Crippen molar-refractivity contribution >= 4 is 21.7 Å². The molecule has 1 aromatic rings. The van der Waals surface area contributed by atoms with E-state index in [-0.39, 0.29) is 0 Å². The Bertz CT molecular complexity index is 477. The van der Waals surface area contributed by atoms with E-state index in [2.05, 4.69) is 55.9 Å². The molecule has 1 aromatic heterocycles. The SMILES string of the molecule is CC1CN(c2cc(Br)ccn2)CC(C)N1CC1CCNCC1. The van der Waals surface area contributed by atoms with Crippen LogP contribution in [0.15, 0.2) is 22.8 Å². The van der Waals surface area contributed by atoms with E-state index < -0.39 is 0 Å². The van der Waals surface area contributed by atoms with Gasteiger partial charge in [-0.1, -0.05) is 15.9 Å². The van der Waals surface area contributed by atoms with Gasteiger partial charge >= 0.3 is 0 Å². The zero-order chi connectivity index (χ0) is 15.5. The average molecular weight is 367 g/mol. The van der Waals surface area contributed by atoms with Crippen molar-refractivity contribution in [3.05, 3.63) is 22.8 Å². The Kier molecular flexibility index (Phi) is 5.37. The quantitative estimate of drug-likeness (QED) is 0.890. The van der Waals surface area contributed by atoms with Crippen LogP contribution in [0.25, 0.3) is 0 Å². The number of nitrogens with one attached hydrogen (secondary N) is 1. The van der Waals surface area contributed by atoms with Crippen LogP contribution < -0.4 is 10.2 Å². The molecule has 4 nitrogen and oxygen atoms in total. The molecule has 0 bridgehead atoms. The molecule has 2 atom stereocenters. The maximum Gasteiger partial charge on any atom is 0.129 e. The standard InChI is InChI=1S/C17H27BrN4/c1-13-10-21(17-9-16(18)5-8-20-17)11-14(2)22(13)12-15-3-6-19-7-4-15/h5,8-9,13-15,19H,3-4,6-7,10-12H2,1-2H3. The Morgan fingerprint density at radius 3 is 2.55 bits per heavy atom. The molecule has 3 heterocycles. The second kappa shape index (κ2) is 7.28. The first-order valence-electron chi connectivity index (χ1n) is 8.46. The monoisotopic (exact) mass is 366 g/mol. The van der Waals surface area contributed by atoms with Gasteiger partial charge in [0.25, 0.3) is 0 Å². The number of piperazine rings is 1. The topological polar surface area (TPSA) is 31.4 Å². The lowest BCUT2D eigenvalue weighted by Crippen LogP contribution is -2.58. The predicted octanol–water partition coefficient (Wildman–Crippen LogP) is 2.74. The highest BCUT2D eigenvalue weighted by molar-refractivity contribution is 9.10. The van der Waals surface area contributed by atoms with Gasteiger partial charge in [0, 0.05) is 42.4 Å². The van der Waals surface area contributed by atoms with Crippen molar-refractivity contribution in [1.82, 2.24) is 15.2 Å². The molecule has 122 valence electrons. The minimum absolute atomic E-state index is 0.583. The number of piperidine rings is 1. The van der Waals surface area contributed by atoms with Gasteiger partial charge in [0.2, 0.25) is 0 Å². The van der Waals surface area contributed by atoms with Gasteiger partial charge in [-0.2, -0.15) is 0 Å². The van der Waals surface area contributed by atoms with E-state index in [1.165, 1.54) is 32.5 Å². The molecule has 0 amide bonds. The van der Waals surface area contributed by atoms with Crippen molar-refractivity contribution in [2.24, 2.45) is 5.92 Å². The van der Waals surface area contributed by atoms with E-state index in [0.29, 0.717) is 12.1 Å². The van der Waals surface area contributed by atoms with Crippen molar-refractivity contribution < 1.29 is 0 Å². The molecule has 5 heteroatoms. The van der Waals surface area contributed by atoms with E-state index in [1.54, 1.807) is 0 Å². The Morgan fingerprint density at radius 1 is 1.23 bits per heavy atom. The summed E-state index contributed by atoms with van der Waals surface area (Å²) < 4.78 is 1.11. The third-order valence-electron chi connectivity index (χ3n) is 5.06. The third kappa shape index (κ3) is 3.81. The summed E-state index contributed by atoms with van der Waals surface area (Å²) >= 11 is 3.55. The smallest absolute Gasteiger partial charge is 0.129 e. The molecule has 1 N–H and O–H groups in total. The van der Waals surface area contributed by atoms with Gasteiger partial charge in [-0.3, -0.25) is 4.90 Å². The molecule has 0 saturated carbocycles. The fraction of sp³-hybridized carbons (Fsp3) is 0.706. The van der Waals surface area contributed by atoms with Crippen molar-refractivity contribution in [2.75, 3.05) is 37.6 Å². The van der Waals surface area contributed by atoms with Crippen LogP contribution in [0.5, 0.6) is 0 Å². The Balaban J connectivity index is 1.63. The van der Waals surface area contributed by atoms with Crippen LogP contribution in [-0.2, 0) is 0 Å². The van der Waals surface area contributed by atoms with Crippen molar-refractivity contribution in [3.8, 4) is 0 Å². The molecule has 2 aliphatic heterocycles. The number of rotatable bonds is 3. The summed E-state index contributed by atoms with van der Waals surface area (Å²) in [6.07, 6.45) is 4.54. The van der Waals surface area contributed by atoms with E-state index in [1.807, 2.05) is 12.3 Å². The fourth-order valence-corrected chi connectivity index (χ4v) is 4.16. The summed E-state index contributed by atoms with van der Waals surface area (Å²) in [6, 6.07) is 5.28. The number of nitrogens with zero attached hydrogens (tertiary/aromatic N) is 3. The molecule has 22 heavy (non-hydrogen) atoms. The maximum absolute atomic E-state index is 4.54. The molecule has 2 saturated heterocycles. The Labute approximate surface area is 142 Å². The van der Waals surface area contributed by atoms with Crippen LogP contribution in [0.4, 0.5) is 5.82 Å². The normalized spacial score (nSPS) is 28.0. The third-order valence-corrected chi connectivity index (χ3v) is 5.55. The highest BCUT2D eigenvalue weighted by Gasteiger charge is 2.31. The lowest BCUT2D eigenvalue weighted by atomic mass is 9.95. The molecule has 0 aliphatic carbocycles. The molecule has 0 radical (unpaired) electrons. The zero-order valence-electron chi connectivity index (χ0n) is 13.6. The summed E-state index contributed by atoms with van der Waals surface area (Å²) in [5, 5.41) is 3.47. The van der Waals surface area contributed by atoms with Crippen molar-refractivity contribution in [2.45, 2.75) is 38.8 Å². The molecule has 2 unspecified atom stereocenters. The molecule has 3 rings (SSSR count). The van der Waals surface area contributed by atoms with Crippen LogP contribution in [0.1, 0.15) is 26.7 Å². The summed E-state index contributed by atoms with van der Waals surface area (Å²) in [6.45, 7) is 10.5. The molecular formula is C17H27BrN4. The van der Waals surface area contributed by atoms with Gasteiger partial charge < -0.3 is 10.2 Å². The lowest BCUT2D eigenvalue weighted by Gasteiger charge is -2.46. The summed E-state index contributed by atoms with van der Waals surface area (Å²) in [5.41, 5.74) is 0. The summed E-state index contributed by atoms with van der Waals surface area (Å²) in [7, 11) is 0. The first kappa shape index (κ1) is 16.2. The molecule has 0 spiro atoms. The van der Waals surface area contributed by atoms with Crippen LogP contribution in [0.3, 0.4) is 0 Å². The van der Waals surface area contributed by atoms with Crippen LogP contribution in [-0.4, -0.2) is 54.7 Å². The first-order chi connectivity index (χ1) is 10.6. The summed E-state index contributed by atoms with van der Waals surface area (Å²) in [4.78, 5) is 9.68. The zero-order valence-corrected chi connectivity index (χ0v) is 15.2. The highest BCUT2D eigenvalue weighted by atomic mass is 79.9. The second-order valence-electron chi connectivity index (χ2n) is 6.83. The Hall–Kier alpha value is -0.650. The van der Waals surface area contributed by atoms with Crippen molar-refractivity contribution in [1.29, 1.82) is 0 Å². The van der Waals surface area contributed by atoms with Crippen molar-refractivity contribution in [3.63, 3.8) is 0 Å². The fourth-order valence-electron chi connectivity index (χ4n) is 3.83. The van der Waals surface area contributed by atoms with Gasteiger partial charge in [0.15, 0.2) is 0 Å². The number of anilines is 1. The Morgan fingerprint density at radius 2 is 1.91 bits per heavy atom. The van der Waals surface area contributed by atoms with Crippen LogP contribution in [0, 0.1) is 5.92 Å². The summed E-state index contributed by atoms with van der Waals surface area (Å²) in [5.74, 6) is 1.95. The van der Waals surface area contributed by atoms with E-state index >= 15 is 0 Å². The van der Waals surface area contributed by atoms with Crippen LogP contribution >= 0.6 is 15.9 Å². The average Bonchev–Trinajstić information content (AvgIpc) is 2.52. The number of halogens is 1. The molecule has 2 fully saturated rings. The number of hydrogen-bond donors (Lipinski definition) is 1. The largest absolute Gasteiger partial charge is 0.353 e.